The molecular weight excluding hydrogens is 576 g/mol. The lowest BCUT2D eigenvalue weighted by Crippen LogP contribution is -2.39. The zero-order valence-electron chi connectivity index (χ0n) is 19.3. The van der Waals surface area contributed by atoms with Gasteiger partial charge in [0.2, 0.25) is 15.8 Å². The Balaban J connectivity index is 1.96. The normalized spacial score (nSPS) is 13.5. The Morgan fingerprint density at radius 1 is 1.13 bits per heavy atom. The molecule has 0 amide bonds. The number of fused-ring (bicyclic) bond motifs is 1. The highest BCUT2D eigenvalue weighted by Gasteiger charge is 2.43. The number of rotatable bonds is 7. The van der Waals surface area contributed by atoms with Crippen LogP contribution >= 0.6 is 0 Å². The van der Waals surface area contributed by atoms with Gasteiger partial charge in [0.1, 0.15) is 16.5 Å². The van der Waals surface area contributed by atoms with Gasteiger partial charge < -0.3 is 4.74 Å². The van der Waals surface area contributed by atoms with Gasteiger partial charge in [0, 0.05) is 22.7 Å². The molecule has 0 fully saturated rings. The Morgan fingerprint density at radius 3 is 2.41 bits per heavy atom. The number of carbonyl (C=O) groups excluding carboxylic acids is 1. The molecule has 0 saturated heterocycles. The summed E-state index contributed by atoms with van der Waals surface area (Å²) in [6.45, 7) is 1.64. The second-order valence-corrected chi connectivity index (χ2v) is 11.5. The molecule has 0 aliphatic rings. The number of aromatic nitrogens is 6. The van der Waals surface area contributed by atoms with E-state index >= 15 is 4.39 Å². The van der Waals surface area contributed by atoms with E-state index in [-0.39, 0.29) is 16.6 Å². The van der Waals surface area contributed by atoms with Crippen LogP contribution in [0.1, 0.15) is 5.69 Å². The lowest BCUT2D eigenvalue weighted by molar-refractivity contribution is -0.203. The fourth-order valence-electron chi connectivity index (χ4n) is 3.72. The van der Waals surface area contributed by atoms with Gasteiger partial charge in [0.05, 0.1) is 16.0 Å². The summed E-state index contributed by atoms with van der Waals surface area (Å²) < 4.78 is 108. The second-order valence-electron chi connectivity index (χ2n) is 8.02. The van der Waals surface area contributed by atoms with Crippen molar-refractivity contribution in [1.29, 1.82) is 0 Å². The van der Waals surface area contributed by atoms with E-state index in [1.165, 1.54) is 6.07 Å². The number of aryl methyl sites for hydroxylation is 1. The largest absolute Gasteiger partial charge is 0.490 e. The Hall–Kier alpha value is -4.01. The fourth-order valence-corrected chi connectivity index (χ4v) is 6.62. The molecule has 208 valence electrons. The molecule has 1 atom stereocenters. The predicted molar refractivity (Wildman–Crippen MR) is 123 cm³/mol. The van der Waals surface area contributed by atoms with Crippen LogP contribution in [0.2, 0.25) is 0 Å². The van der Waals surface area contributed by atoms with Crippen LogP contribution in [0.25, 0.3) is 33.4 Å². The number of nitrogens with two attached hydrogens (primary N) is 2. The van der Waals surface area contributed by atoms with Crippen LogP contribution in [-0.2, 0) is 29.4 Å². The average Bonchev–Trinajstić information content (AvgIpc) is 3.46. The number of sulfonamides is 1. The molecule has 2 aromatic heterocycles. The van der Waals surface area contributed by atoms with Crippen LogP contribution in [0.3, 0.4) is 0 Å². The van der Waals surface area contributed by atoms with E-state index in [1.54, 1.807) is 6.92 Å². The fraction of sp³-hybridized carbons (Fsp3) is 0.211. The number of alkyl halides is 3. The number of aromatic amines is 2. The van der Waals surface area contributed by atoms with Gasteiger partial charge in [-0.15, -0.1) is 10.2 Å². The number of primary sulfonamides is 1. The number of halogens is 4. The number of ether oxygens (including phenoxy) is 1. The molecular formula is C19H16F4N8O6S2. The SMILES string of the molecule is Cc1[nH]nc2cc(F)c(-c3ccc(S(=O)(=O)CC(N)OC(=O)C(F)(F)F)c(S(N)(=O)=O)c3-c3nn[nH]n3)cc12. The lowest BCUT2D eigenvalue weighted by Gasteiger charge is -2.18. The number of hydrogen-bond acceptors (Lipinski definition) is 11. The van der Waals surface area contributed by atoms with Crippen LogP contribution in [-0.4, -0.2) is 71.8 Å². The third kappa shape index (κ3) is 5.44. The van der Waals surface area contributed by atoms with Crippen molar-refractivity contribution >= 4 is 36.7 Å². The molecule has 0 saturated carbocycles. The minimum absolute atomic E-state index is 0.226. The summed E-state index contributed by atoms with van der Waals surface area (Å²) in [6.07, 6.45) is -7.83. The minimum Gasteiger partial charge on any atom is -0.439 e. The van der Waals surface area contributed by atoms with Crippen molar-refractivity contribution in [3.05, 3.63) is 35.8 Å². The predicted octanol–water partition coefficient (Wildman–Crippen LogP) is 0.669. The molecule has 2 heterocycles. The van der Waals surface area contributed by atoms with Gasteiger partial charge in [-0.3, -0.25) is 10.8 Å². The third-order valence-electron chi connectivity index (χ3n) is 5.31. The van der Waals surface area contributed by atoms with E-state index in [2.05, 4.69) is 35.6 Å². The number of H-pyrrole nitrogens is 2. The molecule has 4 rings (SSSR count). The van der Waals surface area contributed by atoms with Gasteiger partial charge >= 0.3 is 12.1 Å². The molecule has 0 aliphatic heterocycles. The van der Waals surface area contributed by atoms with Crippen molar-refractivity contribution in [2.24, 2.45) is 10.9 Å². The molecule has 0 radical (unpaired) electrons. The maximum absolute atomic E-state index is 15.2. The van der Waals surface area contributed by atoms with E-state index in [4.69, 9.17) is 10.9 Å². The molecule has 2 aromatic carbocycles. The van der Waals surface area contributed by atoms with Gasteiger partial charge in [-0.05, 0) is 29.8 Å². The number of benzene rings is 2. The maximum Gasteiger partial charge on any atom is 0.490 e. The summed E-state index contributed by atoms with van der Waals surface area (Å²) in [5.41, 5.74) is 5.01. The third-order valence-corrected chi connectivity index (χ3v) is 8.21. The lowest BCUT2D eigenvalue weighted by atomic mass is 9.97. The Labute approximate surface area is 215 Å². The zero-order chi connectivity index (χ0) is 28.9. The van der Waals surface area contributed by atoms with E-state index in [1.807, 2.05) is 0 Å². The van der Waals surface area contributed by atoms with E-state index < -0.39 is 71.0 Å². The molecule has 14 nitrogen and oxygen atoms in total. The monoisotopic (exact) mass is 592 g/mol. The summed E-state index contributed by atoms with van der Waals surface area (Å²) in [5, 5.41) is 25.1. The summed E-state index contributed by atoms with van der Waals surface area (Å²) in [7, 11) is -9.95. The molecule has 0 aliphatic carbocycles. The number of carbonyl (C=O) groups is 1. The highest BCUT2D eigenvalue weighted by Crippen LogP contribution is 2.41. The Morgan fingerprint density at radius 2 is 1.82 bits per heavy atom. The van der Waals surface area contributed by atoms with Crippen LogP contribution < -0.4 is 10.9 Å². The first-order chi connectivity index (χ1) is 18.0. The van der Waals surface area contributed by atoms with Crippen molar-refractivity contribution in [2.45, 2.75) is 29.1 Å². The van der Waals surface area contributed by atoms with Crippen LogP contribution in [0.15, 0.2) is 34.1 Å². The van der Waals surface area contributed by atoms with E-state index in [0.29, 0.717) is 11.1 Å². The number of nitrogens with one attached hydrogen (secondary N) is 2. The summed E-state index contributed by atoms with van der Waals surface area (Å²) in [5.74, 6) is -5.64. The first-order valence-corrected chi connectivity index (χ1v) is 13.5. The molecule has 0 bridgehead atoms. The zero-order valence-corrected chi connectivity index (χ0v) is 20.9. The molecule has 1 unspecified atom stereocenters. The number of hydrogen-bond donors (Lipinski definition) is 4. The number of nitrogens with zero attached hydrogens (tertiary/aromatic N) is 4. The first-order valence-electron chi connectivity index (χ1n) is 10.3. The molecule has 6 N–H and O–H groups in total. The van der Waals surface area contributed by atoms with E-state index in [0.717, 1.165) is 18.2 Å². The van der Waals surface area contributed by atoms with Crippen molar-refractivity contribution in [3.8, 4) is 22.5 Å². The Kier molecular flexibility index (Phi) is 6.91. The van der Waals surface area contributed by atoms with Gasteiger partial charge in [0.15, 0.2) is 16.1 Å². The van der Waals surface area contributed by atoms with Gasteiger partial charge in [-0.1, -0.05) is 6.07 Å². The topological polar surface area (TPSA) is 230 Å². The summed E-state index contributed by atoms with van der Waals surface area (Å²) in [4.78, 5) is 8.88. The standard InChI is InChI=1S/C19H16F4N8O6S2/c1-7-9-4-10(11(20)5-12(9)27-26-7)8-2-3-13(16(39(25,35)36)15(8)17-28-30-31-29-17)38(33,34)6-14(24)37-18(32)19(21,22)23/h2-5,14H,6,24H2,1H3,(H,26,27)(H2,25,35,36)(H,28,29,30,31). The van der Waals surface area contributed by atoms with Crippen molar-refractivity contribution in [2.75, 3.05) is 5.75 Å². The maximum atomic E-state index is 15.2. The minimum atomic E-state index is -5.47. The quantitative estimate of drug-likeness (QED) is 0.132. The van der Waals surface area contributed by atoms with Crippen molar-refractivity contribution in [1.82, 2.24) is 30.8 Å². The number of tetrazole rings is 1. The molecule has 20 heteroatoms. The summed E-state index contributed by atoms with van der Waals surface area (Å²) in [6, 6.07) is 4.11. The van der Waals surface area contributed by atoms with Crippen LogP contribution in [0, 0.1) is 12.7 Å². The highest BCUT2D eigenvalue weighted by atomic mass is 32.2. The number of sulfone groups is 1. The summed E-state index contributed by atoms with van der Waals surface area (Å²) >= 11 is 0. The Bertz CT molecular complexity index is 1810. The molecule has 39 heavy (non-hydrogen) atoms. The van der Waals surface area contributed by atoms with Crippen LogP contribution in [0.4, 0.5) is 17.6 Å². The second kappa shape index (κ2) is 9.63. The van der Waals surface area contributed by atoms with Crippen molar-refractivity contribution in [3.63, 3.8) is 0 Å². The van der Waals surface area contributed by atoms with E-state index in [9.17, 15) is 34.8 Å². The highest BCUT2D eigenvalue weighted by molar-refractivity contribution is 7.93. The van der Waals surface area contributed by atoms with Gasteiger partial charge in [-0.25, -0.2) is 31.2 Å². The van der Waals surface area contributed by atoms with Crippen molar-refractivity contribution < 1.29 is 43.9 Å². The van der Waals surface area contributed by atoms with Gasteiger partial charge in [-0.2, -0.15) is 23.5 Å². The smallest absolute Gasteiger partial charge is 0.439 e. The van der Waals surface area contributed by atoms with Crippen LogP contribution in [0.5, 0.6) is 0 Å². The number of esters is 1. The molecule has 4 aromatic rings. The molecule has 0 spiro atoms. The average molecular weight is 593 g/mol. The first kappa shape index (κ1) is 28.0. The van der Waals surface area contributed by atoms with Gasteiger partial charge in [0.25, 0.3) is 0 Å².